The van der Waals surface area contributed by atoms with E-state index >= 15 is 0 Å². The van der Waals surface area contributed by atoms with Crippen LogP contribution in [0.3, 0.4) is 0 Å². The molecule has 0 amide bonds. The van der Waals surface area contributed by atoms with E-state index in [0.29, 0.717) is 19.4 Å². The van der Waals surface area contributed by atoms with E-state index in [1.54, 1.807) is 6.08 Å². The molecule has 1 N–H and O–H groups in total. The lowest BCUT2D eigenvalue weighted by Gasteiger charge is -2.15. The normalized spacial score (nSPS) is 23.1. The maximum Gasteiger partial charge on any atom is 0.330 e. The Hall–Kier alpha value is -1.61. The maximum absolute atomic E-state index is 11.1. The zero-order valence-corrected chi connectivity index (χ0v) is 8.93. The molecule has 0 bridgehead atoms. The van der Waals surface area contributed by atoms with Crippen LogP contribution in [0.2, 0.25) is 0 Å². The molecule has 3 heteroatoms. The fourth-order valence-electron chi connectivity index (χ4n) is 1.82. The van der Waals surface area contributed by atoms with Crippen LogP contribution in [0.1, 0.15) is 23.7 Å². The van der Waals surface area contributed by atoms with Gasteiger partial charge in [0.15, 0.2) is 0 Å². The molecule has 2 rings (SSSR count). The topological polar surface area (TPSA) is 46.5 Å². The molecule has 0 spiro atoms. The van der Waals surface area contributed by atoms with Gasteiger partial charge in [-0.15, -0.1) is 0 Å². The fourth-order valence-corrected chi connectivity index (χ4v) is 1.82. The SMILES string of the molecule is O=C1/C=C\CC(O)c2ccccc2CCO1. The van der Waals surface area contributed by atoms with Crippen LogP contribution in [0.15, 0.2) is 36.4 Å². The second-order valence-electron chi connectivity index (χ2n) is 3.77. The number of carbonyl (C=O) groups excluding carboxylic acids is 1. The number of fused-ring (bicyclic) bond motifs is 1. The molecular weight excluding hydrogens is 204 g/mol. The van der Waals surface area contributed by atoms with E-state index in [1.807, 2.05) is 24.3 Å². The van der Waals surface area contributed by atoms with Crippen molar-refractivity contribution in [3.05, 3.63) is 47.5 Å². The van der Waals surface area contributed by atoms with E-state index in [1.165, 1.54) is 6.08 Å². The third-order valence-electron chi connectivity index (χ3n) is 2.64. The van der Waals surface area contributed by atoms with E-state index in [2.05, 4.69) is 0 Å². The van der Waals surface area contributed by atoms with Gasteiger partial charge in [0.05, 0.1) is 12.7 Å². The Balaban J connectivity index is 2.27. The highest BCUT2D eigenvalue weighted by molar-refractivity contribution is 5.81. The number of cyclic esters (lactones) is 1. The van der Waals surface area contributed by atoms with Crippen molar-refractivity contribution in [2.45, 2.75) is 18.9 Å². The monoisotopic (exact) mass is 218 g/mol. The van der Waals surface area contributed by atoms with E-state index < -0.39 is 6.10 Å². The predicted molar refractivity (Wildman–Crippen MR) is 59.8 cm³/mol. The Morgan fingerprint density at radius 3 is 3.00 bits per heavy atom. The number of hydrogen-bond acceptors (Lipinski definition) is 3. The summed E-state index contributed by atoms with van der Waals surface area (Å²) in [5.74, 6) is -0.341. The van der Waals surface area contributed by atoms with Crippen LogP contribution in [-0.2, 0) is 16.0 Å². The first-order chi connectivity index (χ1) is 7.77. The van der Waals surface area contributed by atoms with Gasteiger partial charge in [-0.05, 0) is 17.5 Å². The highest BCUT2D eigenvalue weighted by Gasteiger charge is 2.12. The van der Waals surface area contributed by atoms with Crippen molar-refractivity contribution in [2.24, 2.45) is 0 Å². The van der Waals surface area contributed by atoms with Crippen molar-refractivity contribution in [2.75, 3.05) is 6.61 Å². The minimum atomic E-state index is -0.543. The Kier molecular flexibility index (Phi) is 3.37. The summed E-state index contributed by atoms with van der Waals surface area (Å²) in [4.78, 5) is 11.1. The molecule has 1 aromatic carbocycles. The third-order valence-corrected chi connectivity index (χ3v) is 2.64. The van der Waals surface area contributed by atoms with Crippen LogP contribution in [0.25, 0.3) is 0 Å². The molecule has 1 heterocycles. The van der Waals surface area contributed by atoms with Gasteiger partial charge in [-0.1, -0.05) is 30.3 Å². The quantitative estimate of drug-likeness (QED) is 0.675. The molecule has 1 unspecified atom stereocenters. The number of hydrogen-bond donors (Lipinski definition) is 1. The first kappa shape index (κ1) is 10.9. The highest BCUT2D eigenvalue weighted by atomic mass is 16.5. The summed E-state index contributed by atoms with van der Waals surface area (Å²) < 4.78 is 5.00. The van der Waals surface area contributed by atoms with Crippen molar-refractivity contribution in [3.63, 3.8) is 0 Å². The highest BCUT2D eigenvalue weighted by Crippen LogP contribution is 2.22. The second kappa shape index (κ2) is 4.94. The smallest absolute Gasteiger partial charge is 0.330 e. The molecule has 1 aliphatic heterocycles. The zero-order chi connectivity index (χ0) is 11.4. The van der Waals surface area contributed by atoms with E-state index in [4.69, 9.17) is 4.74 Å². The van der Waals surface area contributed by atoms with Crippen molar-refractivity contribution in [1.82, 2.24) is 0 Å². The Morgan fingerprint density at radius 2 is 2.12 bits per heavy atom. The standard InChI is InChI=1S/C13H14O3/c14-12-6-3-7-13(15)16-9-8-10-4-1-2-5-11(10)12/h1-5,7,12,14H,6,8-9H2/b7-3-. The van der Waals surface area contributed by atoms with Gasteiger partial charge in [0.25, 0.3) is 0 Å². The molecule has 84 valence electrons. The molecule has 0 fully saturated rings. The zero-order valence-electron chi connectivity index (χ0n) is 8.93. The van der Waals surface area contributed by atoms with Gasteiger partial charge >= 0.3 is 5.97 Å². The fraction of sp³-hybridized carbons (Fsp3) is 0.308. The minimum Gasteiger partial charge on any atom is -0.462 e. The number of benzene rings is 1. The third kappa shape index (κ3) is 2.49. The maximum atomic E-state index is 11.1. The summed E-state index contributed by atoms with van der Waals surface area (Å²) in [5, 5.41) is 9.97. The van der Waals surface area contributed by atoms with Crippen LogP contribution in [0, 0.1) is 0 Å². The molecular formula is C13H14O3. The second-order valence-corrected chi connectivity index (χ2v) is 3.77. The van der Waals surface area contributed by atoms with Crippen molar-refractivity contribution >= 4 is 5.97 Å². The van der Waals surface area contributed by atoms with Crippen LogP contribution >= 0.6 is 0 Å². The van der Waals surface area contributed by atoms with E-state index in [-0.39, 0.29) is 5.97 Å². The summed E-state index contributed by atoms with van der Waals surface area (Å²) in [6.07, 6.45) is 3.56. The predicted octanol–water partition coefficient (Wildman–Crippen LogP) is 1.77. The van der Waals surface area contributed by atoms with Gasteiger partial charge in [0, 0.05) is 12.5 Å². The summed E-state index contributed by atoms with van der Waals surface area (Å²) in [6, 6.07) is 7.70. The van der Waals surface area contributed by atoms with Crippen LogP contribution in [0.4, 0.5) is 0 Å². The molecule has 0 saturated carbocycles. The molecule has 3 nitrogen and oxygen atoms in total. The summed E-state index contributed by atoms with van der Waals surface area (Å²) in [7, 11) is 0. The van der Waals surface area contributed by atoms with E-state index in [0.717, 1.165) is 11.1 Å². The summed E-state index contributed by atoms with van der Waals surface area (Å²) >= 11 is 0. The van der Waals surface area contributed by atoms with Crippen LogP contribution in [0.5, 0.6) is 0 Å². The van der Waals surface area contributed by atoms with Crippen LogP contribution in [-0.4, -0.2) is 17.7 Å². The van der Waals surface area contributed by atoms with Crippen molar-refractivity contribution in [1.29, 1.82) is 0 Å². The van der Waals surface area contributed by atoms with E-state index in [9.17, 15) is 9.90 Å². The number of carbonyl (C=O) groups is 1. The molecule has 16 heavy (non-hydrogen) atoms. The summed E-state index contributed by atoms with van der Waals surface area (Å²) in [5.41, 5.74) is 1.96. The Morgan fingerprint density at radius 1 is 1.31 bits per heavy atom. The molecule has 0 aromatic heterocycles. The first-order valence-electron chi connectivity index (χ1n) is 5.36. The van der Waals surface area contributed by atoms with Gasteiger partial charge in [-0.25, -0.2) is 4.79 Å². The van der Waals surface area contributed by atoms with Gasteiger partial charge < -0.3 is 9.84 Å². The molecule has 1 atom stereocenters. The van der Waals surface area contributed by atoms with Gasteiger partial charge in [0.1, 0.15) is 0 Å². The summed E-state index contributed by atoms with van der Waals surface area (Å²) in [6.45, 7) is 0.354. The van der Waals surface area contributed by atoms with Crippen molar-refractivity contribution < 1.29 is 14.6 Å². The number of rotatable bonds is 0. The molecule has 1 aromatic rings. The number of aliphatic hydroxyl groups is 1. The first-order valence-corrected chi connectivity index (χ1v) is 5.36. The van der Waals surface area contributed by atoms with Crippen molar-refractivity contribution in [3.8, 4) is 0 Å². The average molecular weight is 218 g/mol. The molecule has 0 saturated heterocycles. The molecule has 0 aliphatic carbocycles. The number of esters is 1. The molecule has 0 radical (unpaired) electrons. The lowest BCUT2D eigenvalue weighted by Crippen LogP contribution is -2.10. The lowest BCUT2D eigenvalue weighted by atomic mass is 9.98. The lowest BCUT2D eigenvalue weighted by molar-refractivity contribution is -0.137. The largest absolute Gasteiger partial charge is 0.462 e. The average Bonchev–Trinajstić information content (AvgIpc) is 2.29. The Labute approximate surface area is 94.4 Å². The van der Waals surface area contributed by atoms with Gasteiger partial charge in [-0.2, -0.15) is 0 Å². The minimum absolute atomic E-state index is 0.341. The Bertz CT molecular complexity index is 409. The van der Waals surface area contributed by atoms with Gasteiger partial charge in [-0.3, -0.25) is 0 Å². The molecule has 1 aliphatic rings. The van der Waals surface area contributed by atoms with Crippen LogP contribution < -0.4 is 0 Å². The van der Waals surface area contributed by atoms with Gasteiger partial charge in [0.2, 0.25) is 0 Å². The number of aliphatic hydroxyl groups excluding tert-OH is 1. The number of ether oxygens (including phenoxy) is 1.